The molecule has 1 aromatic rings. The summed E-state index contributed by atoms with van der Waals surface area (Å²) in [5.74, 6) is 1.07. The lowest BCUT2D eigenvalue weighted by molar-refractivity contribution is 0.0473. The zero-order valence-electron chi connectivity index (χ0n) is 12.3. The highest BCUT2D eigenvalue weighted by molar-refractivity contribution is 5.31. The molecule has 4 heteroatoms. The Balaban J connectivity index is 2.13. The summed E-state index contributed by atoms with van der Waals surface area (Å²) in [6.07, 6.45) is 4.08. The van der Waals surface area contributed by atoms with Crippen LogP contribution < -0.4 is 10.1 Å². The van der Waals surface area contributed by atoms with Gasteiger partial charge in [0.1, 0.15) is 5.75 Å². The molecule has 0 amide bonds. The van der Waals surface area contributed by atoms with Crippen molar-refractivity contribution in [3.8, 4) is 5.75 Å². The van der Waals surface area contributed by atoms with Crippen LogP contribution in [0.3, 0.4) is 0 Å². The fourth-order valence-electron chi connectivity index (χ4n) is 3.08. The summed E-state index contributed by atoms with van der Waals surface area (Å²) in [5, 5.41) is 13.6. The van der Waals surface area contributed by atoms with E-state index in [4.69, 9.17) is 9.47 Å². The van der Waals surface area contributed by atoms with E-state index in [0.717, 1.165) is 30.6 Å². The number of nitrogens with one attached hydrogen (secondary N) is 1. The Bertz CT molecular complexity index is 410. The molecule has 3 unspecified atom stereocenters. The minimum Gasteiger partial charge on any atom is -0.468 e. The minimum absolute atomic E-state index is 0.163. The molecule has 112 valence electrons. The normalized spacial score (nSPS) is 24.4. The predicted molar refractivity (Wildman–Crippen MR) is 78.7 cm³/mol. The van der Waals surface area contributed by atoms with Gasteiger partial charge in [-0.05, 0) is 37.6 Å². The molecule has 1 saturated carbocycles. The monoisotopic (exact) mass is 279 g/mol. The molecule has 4 nitrogen and oxygen atoms in total. The number of hydrogen-bond donors (Lipinski definition) is 2. The summed E-state index contributed by atoms with van der Waals surface area (Å²) >= 11 is 0. The van der Waals surface area contributed by atoms with Gasteiger partial charge in [-0.2, -0.15) is 0 Å². The Morgan fingerprint density at radius 1 is 1.35 bits per heavy atom. The van der Waals surface area contributed by atoms with Gasteiger partial charge in [-0.1, -0.05) is 25.0 Å². The van der Waals surface area contributed by atoms with E-state index in [-0.39, 0.29) is 24.9 Å². The summed E-state index contributed by atoms with van der Waals surface area (Å²) in [7, 11) is 3.56. The predicted octanol–water partition coefficient (Wildman–Crippen LogP) is 2.48. The molecule has 20 heavy (non-hydrogen) atoms. The van der Waals surface area contributed by atoms with E-state index >= 15 is 0 Å². The Kier molecular flexibility index (Phi) is 5.83. The summed E-state index contributed by atoms with van der Waals surface area (Å²) in [6, 6.07) is 8.19. The van der Waals surface area contributed by atoms with Gasteiger partial charge in [0.05, 0.1) is 6.10 Å². The minimum atomic E-state index is -0.218. The van der Waals surface area contributed by atoms with Crippen LogP contribution in [0.4, 0.5) is 0 Å². The van der Waals surface area contributed by atoms with E-state index in [1.54, 1.807) is 7.11 Å². The van der Waals surface area contributed by atoms with E-state index in [1.807, 2.05) is 25.2 Å². The zero-order chi connectivity index (χ0) is 14.4. The highest BCUT2D eigenvalue weighted by atomic mass is 16.7. The van der Waals surface area contributed by atoms with Crippen molar-refractivity contribution < 1.29 is 14.6 Å². The lowest BCUT2D eigenvalue weighted by Crippen LogP contribution is -2.35. The van der Waals surface area contributed by atoms with Gasteiger partial charge in [0, 0.05) is 19.1 Å². The molecule has 0 radical (unpaired) electrons. The standard InChI is InChI=1S/C16H25NO3/c1-17-16(14-8-3-4-9-15(14)18)12-6-5-7-13(10-12)20-11-19-2/h5-7,10,14-18H,3-4,8-9,11H2,1-2H3. The summed E-state index contributed by atoms with van der Waals surface area (Å²) in [6.45, 7) is 0.250. The molecule has 0 aromatic heterocycles. The van der Waals surface area contributed by atoms with Gasteiger partial charge in [-0.25, -0.2) is 0 Å². The van der Waals surface area contributed by atoms with Crippen molar-refractivity contribution in [2.75, 3.05) is 21.0 Å². The van der Waals surface area contributed by atoms with Crippen molar-refractivity contribution in [2.24, 2.45) is 5.92 Å². The summed E-state index contributed by atoms with van der Waals surface area (Å²) < 4.78 is 10.4. The van der Waals surface area contributed by atoms with Crippen LogP contribution >= 0.6 is 0 Å². The molecule has 0 aliphatic heterocycles. The van der Waals surface area contributed by atoms with Crippen LogP contribution in [-0.2, 0) is 4.74 Å². The zero-order valence-corrected chi connectivity index (χ0v) is 12.3. The van der Waals surface area contributed by atoms with Gasteiger partial charge < -0.3 is 19.9 Å². The van der Waals surface area contributed by atoms with E-state index in [0.29, 0.717) is 0 Å². The molecule has 0 heterocycles. The molecule has 0 bridgehead atoms. The van der Waals surface area contributed by atoms with Crippen molar-refractivity contribution in [1.29, 1.82) is 0 Å². The van der Waals surface area contributed by atoms with Crippen LogP contribution in [0.25, 0.3) is 0 Å². The second kappa shape index (κ2) is 7.62. The number of aliphatic hydroxyl groups is 1. The van der Waals surface area contributed by atoms with Crippen LogP contribution in [0.1, 0.15) is 37.3 Å². The van der Waals surface area contributed by atoms with Gasteiger partial charge in [0.2, 0.25) is 0 Å². The molecular formula is C16H25NO3. The molecule has 1 aromatic carbocycles. The Morgan fingerprint density at radius 2 is 2.15 bits per heavy atom. The third-order valence-corrected chi connectivity index (χ3v) is 4.08. The number of hydrogen-bond acceptors (Lipinski definition) is 4. The number of benzene rings is 1. The fourth-order valence-corrected chi connectivity index (χ4v) is 3.08. The molecule has 0 spiro atoms. The molecule has 2 rings (SSSR count). The maximum atomic E-state index is 10.3. The van der Waals surface area contributed by atoms with Crippen molar-refractivity contribution in [2.45, 2.75) is 37.8 Å². The molecule has 1 aliphatic carbocycles. The molecular weight excluding hydrogens is 254 g/mol. The first-order chi connectivity index (χ1) is 9.76. The SMILES string of the molecule is CNC(c1cccc(OCOC)c1)C1CCCCC1O. The van der Waals surface area contributed by atoms with Crippen LogP contribution in [0, 0.1) is 5.92 Å². The second-order valence-electron chi connectivity index (χ2n) is 5.41. The summed E-state index contributed by atoms with van der Waals surface area (Å²) in [5.41, 5.74) is 1.16. The largest absolute Gasteiger partial charge is 0.468 e. The van der Waals surface area contributed by atoms with E-state index in [9.17, 15) is 5.11 Å². The number of ether oxygens (including phenoxy) is 2. The number of aliphatic hydroxyl groups excluding tert-OH is 1. The Labute approximate surface area is 121 Å². The highest BCUT2D eigenvalue weighted by Gasteiger charge is 2.30. The molecule has 1 fully saturated rings. The van der Waals surface area contributed by atoms with Crippen LogP contribution in [0.15, 0.2) is 24.3 Å². The van der Waals surface area contributed by atoms with E-state index < -0.39 is 0 Å². The highest BCUT2D eigenvalue weighted by Crippen LogP contribution is 2.35. The van der Waals surface area contributed by atoms with Gasteiger partial charge in [-0.3, -0.25) is 0 Å². The van der Waals surface area contributed by atoms with Crippen LogP contribution in [-0.4, -0.2) is 32.2 Å². The van der Waals surface area contributed by atoms with Crippen molar-refractivity contribution in [3.63, 3.8) is 0 Å². The molecule has 3 atom stereocenters. The van der Waals surface area contributed by atoms with Crippen LogP contribution in [0.2, 0.25) is 0 Å². The first-order valence-electron chi connectivity index (χ1n) is 7.33. The third kappa shape index (κ3) is 3.72. The van der Waals surface area contributed by atoms with Crippen molar-refractivity contribution in [1.82, 2.24) is 5.32 Å². The molecule has 2 N–H and O–H groups in total. The van der Waals surface area contributed by atoms with Gasteiger partial charge in [0.15, 0.2) is 6.79 Å². The van der Waals surface area contributed by atoms with Gasteiger partial charge in [-0.15, -0.1) is 0 Å². The smallest absolute Gasteiger partial charge is 0.188 e. The molecule has 1 aliphatic rings. The molecule has 0 saturated heterocycles. The Hall–Kier alpha value is -1.10. The number of methoxy groups -OCH3 is 1. The maximum absolute atomic E-state index is 10.3. The van der Waals surface area contributed by atoms with Crippen molar-refractivity contribution in [3.05, 3.63) is 29.8 Å². The lowest BCUT2D eigenvalue weighted by Gasteiger charge is -2.34. The maximum Gasteiger partial charge on any atom is 0.188 e. The average Bonchev–Trinajstić information content (AvgIpc) is 2.48. The first-order valence-corrected chi connectivity index (χ1v) is 7.33. The third-order valence-electron chi connectivity index (χ3n) is 4.08. The van der Waals surface area contributed by atoms with E-state index in [1.165, 1.54) is 6.42 Å². The fraction of sp³-hybridized carbons (Fsp3) is 0.625. The second-order valence-corrected chi connectivity index (χ2v) is 5.41. The average molecular weight is 279 g/mol. The van der Waals surface area contributed by atoms with Gasteiger partial charge in [0.25, 0.3) is 0 Å². The van der Waals surface area contributed by atoms with Gasteiger partial charge >= 0.3 is 0 Å². The van der Waals surface area contributed by atoms with Crippen LogP contribution in [0.5, 0.6) is 5.75 Å². The topological polar surface area (TPSA) is 50.7 Å². The first kappa shape index (κ1) is 15.3. The van der Waals surface area contributed by atoms with Crippen molar-refractivity contribution >= 4 is 0 Å². The lowest BCUT2D eigenvalue weighted by atomic mass is 9.79. The number of rotatable bonds is 6. The Morgan fingerprint density at radius 3 is 2.85 bits per heavy atom. The van der Waals surface area contributed by atoms with E-state index in [2.05, 4.69) is 11.4 Å². The quantitative estimate of drug-likeness (QED) is 0.786. The summed E-state index contributed by atoms with van der Waals surface area (Å²) in [4.78, 5) is 0.